The smallest absolute Gasteiger partial charge is 0.173 e. The Bertz CT molecular complexity index is 403. The van der Waals surface area contributed by atoms with Crippen molar-refractivity contribution in [2.24, 2.45) is 11.8 Å². The SMILES string of the molecule is Cc1ccc(NC(=S)N2CC(C)CC(C)C2)cc1. The van der Waals surface area contributed by atoms with Crippen LogP contribution in [0, 0.1) is 18.8 Å². The van der Waals surface area contributed by atoms with Gasteiger partial charge in [0, 0.05) is 18.8 Å². The first-order valence-corrected chi connectivity index (χ1v) is 7.08. The molecule has 2 unspecified atom stereocenters. The monoisotopic (exact) mass is 262 g/mol. The predicted molar refractivity (Wildman–Crippen MR) is 81.9 cm³/mol. The molecule has 0 spiro atoms. The minimum Gasteiger partial charge on any atom is -0.348 e. The van der Waals surface area contributed by atoms with Crippen LogP contribution in [-0.4, -0.2) is 23.1 Å². The zero-order valence-corrected chi connectivity index (χ0v) is 12.3. The van der Waals surface area contributed by atoms with Gasteiger partial charge in [-0.05, 0) is 49.5 Å². The maximum Gasteiger partial charge on any atom is 0.173 e. The molecule has 3 heteroatoms. The minimum atomic E-state index is 0.728. The van der Waals surface area contributed by atoms with E-state index in [1.807, 2.05) is 0 Å². The van der Waals surface area contributed by atoms with Gasteiger partial charge in [-0.15, -0.1) is 0 Å². The van der Waals surface area contributed by atoms with Gasteiger partial charge >= 0.3 is 0 Å². The van der Waals surface area contributed by atoms with Crippen molar-refractivity contribution in [1.82, 2.24) is 4.90 Å². The van der Waals surface area contributed by atoms with Crippen LogP contribution < -0.4 is 5.32 Å². The van der Waals surface area contributed by atoms with Crippen molar-refractivity contribution in [3.8, 4) is 0 Å². The fourth-order valence-corrected chi connectivity index (χ4v) is 2.94. The fourth-order valence-electron chi connectivity index (χ4n) is 2.67. The largest absolute Gasteiger partial charge is 0.348 e. The van der Waals surface area contributed by atoms with Crippen molar-refractivity contribution in [3.05, 3.63) is 29.8 Å². The number of piperidine rings is 1. The van der Waals surface area contributed by atoms with E-state index in [4.69, 9.17) is 12.2 Å². The molecule has 0 aliphatic carbocycles. The molecule has 2 nitrogen and oxygen atoms in total. The predicted octanol–water partition coefficient (Wildman–Crippen LogP) is 3.67. The molecular formula is C15H22N2S. The number of hydrogen-bond acceptors (Lipinski definition) is 1. The molecule has 98 valence electrons. The van der Waals surface area contributed by atoms with Gasteiger partial charge in [0.25, 0.3) is 0 Å². The van der Waals surface area contributed by atoms with Crippen LogP contribution in [-0.2, 0) is 0 Å². The Hall–Kier alpha value is -1.09. The Morgan fingerprint density at radius 3 is 2.28 bits per heavy atom. The summed E-state index contributed by atoms with van der Waals surface area (Å²) >= 11 is 5.51. The van der Waals surface area contributed by atoms with Crippen molar-refractivity contribution in [3.63, 3.8) is 0 Å². The highest BCUT2D eigenvalue weighted by molar-refractivity contribution is 7.80. The third-order valence-electron chi connectivity index (χ3n) is 3.46. The van der Waals surface area contributed by atoms with Crippen molar-refractivity contribution < 1.29 is 0 Å². The van der Waals surface area contributed by atoms with Crippen LogP contribution in [0.2, 0.25) is 0 Å². The summed E-state index contributed by atoms with van der Waals surface area (Å²) in [6, 6.07) is 8.37. The standard InChI is InChI=1S/C15H22N2S/c1-11-4-6-14(7-5-11)16-15(18)17-9-12(2)8-13(3)10-17/h4-7,12-13H,8-10H2,1-3H3,(H,16,18). The number of nitrogens with one attached hydrogen (secondary N) is 1. The molecule has 1 saturated heterocycles. The summed E-state index contributed by atoms with van der Waals surface area (Å²) in [5.74, 6) is 1.46. The van der Waals surface area contributed by atoms with E-state index in [0.29, 0.717) is 0 Å². The zero-order chi connectivity index (χ0) is 13.1. The lowest BCUT2D eigenvalue weighted by Gasteiger charge is -2.36. The zero-order valence-electron chi connectivity index (χ0n) is 11.4. The Morgan fingerprint density at radius 1 is 1.17 bits per heavy atom. The van der Waals surface area contributed by atoms with E-state index in [0.717, 1.165) is 35.7 Å². The summed E-state index contributed by atoms with van der Waals surface area (Å²) in [5, 5.41) is 4.20. The Balaban J connectivity index is 1.97. The third kappa shape index (κ3) is 3.45. The Kier molecular flexibility index (Phi) is 4.23. The molecule has 1 aliphatic rings. The normalized spacial score (nSPS) is 23.8. The summed E-state index contributed by atoms with van der Waals surface area (Å²) in [5.41, 5.74) is 2.35. The van der Waals surface area contributed by atoms with E-state index in [1.165, 1.54) is 12.0 Å². The van der Waals surface area contributed by atoms with Crippen LogP contribution in [0.5, 0.6) is 0 Å². The van der Waals surface area contributed by atoms with Crippen LogP contribution in [0.4, 0.5) is 5.69 Å². The number of benzene rings is 1. The highest BCUT2D eigenvalue weighted by atomic mass is 32.1. The number of thiocarbonyl (C=S) groups is 1. The van der Waals surface area contributed by atoms with Crippen LogP contribution in [0.3, 0.4) is 0 Å². The molecule has 2 atom stereocenters. The first-order chi connectivity index (χ1) is 8.54. The summed E-state index contributed by atoms with van der Waals surface area (Å²) in [4.78, 5) is 2.30. The number of nitrogens with zero attached hydrogens (tertiary/aromatic N) is 1. The molecule has 0 bridgehead atoms. The summed E-state index contributed by atoms with van der Waals surface area (Å²) in [7, 11) is 0. The lowest BCUT2D eigenvalue weighted by atomic mass is 9.92. The lowest BCUT2D eigenvalue weighted by Crippen LogP contribution is -2.44. The van der Waals surface area contributed by atoms with Crippen LogP contribution in [0.1, 0.15) is 25.8 Å². The van der Waals surface area contributed by atoms with E-state index in [1.54, 1.807) is 0 Å². The molecule has 1 fully saturated rings. The second kappa shape index (κ2) is 5.70. The molecule has 2 rings (SSSR count). The van der Waals surface area contributed by atoms with E-state index < -0.39 is 0 Å². The van der Waals surface area contributed by atoms with Crippen molar-refractivity contribution in [2.45, 2.75) is 27.2 Å². The summed E-state index contributed by atoms with van der Waals surface area (Å²) < 4.78 is 0. The average molecular weight is 262 g/mol. The second-order valence-electron chi connectivity index (χ2n) is 5.65. The van der Waals surface area contributed by atoms with Gasteiger partial charge in [0.2, 0.25) is 0 Å². The van der Waals surface area contributed by atoms with Crippen LogP contribution >= 0.6 is 12.2 Å². The maximum absolute atomic E-state index is 5.51. The lowest BCUT2D eigenvalue weighted by molar-refractivity contribution is 0.216. The molecule has 0 radical (unpaired) electrons. The Labute approximate surface area is 115 Å². The molecule has 1 heterocycles. The maximum atomic E-state index is 5.51. The van der Waals surface area contributed by atoms with E-state index >= 15 is 0 Å². The van der Waals surface area contributed by atoms with Gasteiger partial charge in [-0.1, -0.05) is 31.5 Å². The van der Waals surface area contributed by atoms with Crippen LogP contribution in [0.25, 0.3) is 0 Å². The highest BCUT2D eigenvalue weighted by Crippen LogP contribution is 2.21. The van der Waals surface area contributed by atoms with Crippen molar-refractivity contribution in [1.29, 1.82) is 0 Å². The van der Waals surface area contributed by atoms with Crippen LogP contribution in [0.15, 0.2) is 24.3 Å². The quantitative estimate of drug-likeness (QED) is 0.777. The number of aryl methyl sites for hydroxylation is 1. The molecule has 0 saturated carbocycles. The van der Waals surface area contributed by atoms with Gasteiger partial charge in [0.1, 0.15) is 0 Å². The first-order valence-electron chi connectivity index (χ1n) is 6.67. The van der Waals surface area contributed by atoms with Gasteiger partial charge in [-0.2, -0.15) is 0 Å². The molecule has 18 heavy (non-hydrogen) atoms. The molecule has 1 aromatic carbocycles. The summed E-state index contributed by atoms with van der Waals surface area (Å²) in [6.45, 7) is 8.84. The van der Waals surface area contributed by atoms with Gasteiger partial charge < -0.3 is 10.2 Å². The van der Waals surface area contributed by atoms with Crippen molar-refractivity contribution >= 4 is 23.0 Å². The first kappa shape index (κ1) is 13.3. The third-order valence-corrected chi connectivity index (χ3v) is 3.82. The van der Waals surface area contributed by atoms with E-state index in [2.05, 4.69) is 55.3 Å². The Morgan fingerprint density at radius 2 is 1.72 bits per heavy atom. The number of anilines is 1. The molecular weight excluding hydrogens is 240 g/mol. The average Bonchev–Trinajstić information content (AvgIpc) is 2.31. The second-order valence-corrected chi connectivity index (χ2v) is 6.03. The van der Waals surface area contributed by atoms with E-state index in [-0.39, 0.29) is 0 Å². The van der Waals surface area contributed by atoms with Gasteiger partial charge in [0.15, 0.2) is 5.11 Å². The molecule has 1 aromatic rings. The van der Waals surface area contributed by atoms with Crippen molar-refractivity contribution in [2.75, 3.05) is 18.4 Å². The fraction of sp³-hybridized carbons (Fsp3) is 0.533. The number of likely N-dealkylation sites (tertiary alicyclic amines) is 1. The topological polar surface area (TPSA) is 15.3 Å². The summed E-state index contributed by atoms with van der Waals surface area (Å²) in [6.07, 6.45) is 1.31. The van der Waals surface area contributed by atoms with Gasteiger partial charge in [0.05, 0.1) is 0 Å². The molecule has 1 N–H and O–H groups in total. The molecule has 0 amide bonds. The number of hydrogen-bond donors (Lipinski definition) is 1. The molecule has 1 aliphatic heterocycles. The van der Waals surface area contributed by atoms with Gasteiger partial charge in [-0.25, -0.2) is 0 Å². The highest BCUT2D eigenvalue weighted by Gasteiger charge is 2.23. The van der Waals surface area contributed by atoms with Gasteiger partial charge in [-0.3, -0.25) is 0 Å². The van der Waals surface area contributed by atoms with E-state index in [9.17, 15) is 0 Å². The molecule has 0 aromatic heterocycles. The minimum absolute atomic E-state index is 0.728. The number of rotatable bonds is 1.